The molecule has 6 nitrogen and oxygen atoms in total. The molecule has 1 saturated carbocycles. The molecule has 1 fully saturated rings. The third-order valence-corrected chi connectivity index (χ3v) is 7.00. The van der Waals surface area contributed by atoms with Crippen LogP contribution in [0.5, 0.6) is 0 Å². The van der Waals surface area contributed by atoms with Crippen LogP contribution in [0.3, 0.4) is 0 Å². The van der Waals surface area contributed by atoms with Crippen molar-refractivity contribution < 1.29 is 19.1 Å². The number of carbonyl (C=O) groups is 2. The largest absolute Gasteiger partial charge is 0.469 e. The van der Waals surface area contributed by atoms with E-state index >= 15 is 0 Å². The Morgan fingerprint density at radius 3 is 2.74 bits per heavy atom. The molecule has 6 heteroatoms. The van der Waals surface area contributed by atoms with Gasteiger partial charge in [0.05, 0.1) is 30.4 Å². The van der Waals surface area contributed by atoms with Crippen molar-refractivity contribution in [2.45, 2.75) is 44.6 Å². The van der Waals surface area contributed by atoms with Crippen LogP contribution in [0.25, 0.3) is 11.1 Å². The normalized spacial score (nSPS) is 16.9. The minimum Gasteiger partial charge on any atom is -0.469 e. The first kappa shape index (κ1) is 22.4. The molecule has 0 saturated heterocycles. The van der Waals surface area contributed by atoms with E-state index in [4.69, 9.17) is 4.42 Å². The maximum atomic E-state index is 13.3. The SMILES string of the molecule is CN1C(=O)Cc2ccccc2-c2ccc(NC(=O)C(CC3CC3)C(O)CCc3ccco3)cc21. The molecule has 2 unspecified atom stereocenters. The van der Waals surface area contributed by atoms with Crippen LogP contribution in [0, 0.1) is 11.8 Å². The lowest BCUT2D eigenvalue weighted by Crippen LogP contribution is -2.34. The summed E-state index contributed by atoms with van der Waals surface area (Å²) in [5, 5.41) is 13.9. The van der Waals surface area contributed by atoms with Crippen LogP contribution in [0.1, 0.15) is 37.0 Å². The Balaban J connectivity index is 1.36. The van der Waals surface area contributed by atoms with E-state index in [2.05, 4.69) is 5.32 Å². The van der Waals surface area contributed by atoms with Gasteiger partial charge in [0.2, 0.25) is 11.8 Å². The number of hydrogen-bond acceptors (Lipinski definition) is 4. The van der Waals surface area contributed by atoms with E-state index in [9.17, 15) is 14.7 Å². The molecule has 1 aromatic heterocycles. The Bertz CT molecular complexity index is 1180. The number of carbonyl (C=O) groups excluding carboxylic acids is 2. The molecule has 1 aliphatic heterocycles. The first-order valence-corrected chi connectivity index (χ1v) is 12.0. The second-order valence-corrected chi connectivity index (χ2v) is 9.48. The second kappa shape index (κ2) is 9.47. The van der Waals surface area contributed by atoms with Crippen molar-refractivity contribution in [2.24, 2.45) is 11.8 Å². The van der Waals surface area contributed by atoms with Crippen molar-refractivity contribution in [3.63, 3.8) is 0 Å². The van der Waals surface area contributed by atoms with Gasteiger partial charge < -0.3 is 19.7 Å². The summed E-state index contributed by atoms with van der Waals surface area (Å²) in [5.74, 6) is 0.655. The molecular weight excluding hydrogens is 428 g/mol. The summed E-state index contributed by atoms with van der Waals surface area (Å²) in [6, 6.07) is 17.3. The quantitative estimate of drug-likeness (QED) is 0.507. The highest BCUT2D eigenvalue weighted by Crippen LogP contribution is 2.39. The van der Waals surface area contributed by atoms with E-state index in [0.29, 0.717) is 37.3 Å². The third-order valence-electron chi connectivity index (χ3n) is 7.00. The van der Waals surface area contributed by atoms with Crippen LogP contribution in [0.2, 0.25) is 0 Å². The first-order valence-electron chi connectivity index (χ1n) is 12.0. The van der Waals surface area contributed by atoms with E-state index in [1.165, 1.54) is 0 Å². The van der Waals surface area contributed by atoms with Gasteiger partial charge >= 0.3 is 0 Å². The van der Waals surface area contributed by atoms with Crippen molar-refractivity contribution in [2.75, 3.05) is 17.3 Å². The van der Waals surface area contributed by atoms with Gasteiger partial charge in [0, 0.05) is 24.7 Å². The molecule has 3 aromatic rings. The summed E-state index contributed by atoms with van der Waals surface area (Å²) < 4.78 is 5.38. The number of fused-ring (bicyclic) bond motifs is 3. The van der Waals surface area contributed by atoms with Gasteiger partial charge in [0.1, 0.15) is 5.76 Å². The molecule has 2 heterocycles. The molecule has 1 aliphatic carbocycles. The smallest absolute Gasteiger partial charge is 0.231 e. The monoisotopic (exact) mass is 458 g/mol. The Morgan fingerprint density at radius 1 is 1.15 bits per heavy atom. The summed E-state index contributed by atoms with van der Waals surface area (Å²) in [6.07, 6.45) is 5.18. The molecular formula is C28H30N2O4. The molecule has 5 rings (SSSR count). The van der Waals surface area contributed by atoms with Crippen LogP contribution in [0.4, 0.5) is 11.4 Å². The van der Waals surface area contributed by atoms with Gasteiger partial charge in [-0.25, -0.2) is 0 Å². The van der Waals surface area contributed by atoms with Gasteiger partial charge in [-0.15, -0.1) is 0 Å². The number of nitrogens with one attached hydrogen (secondary N) is 1. The topological polar surface area (TPSA) is 82.8 Å². The maximum absolute atomic E-state index is 13.3. The highest BCUT2D eigenvalue weighted by Gasteiger charge is 2.34. The molecule has 2 aromatic carbocycles. The van der Waals surface area contributed by atoms with Crippen LogP contribution in [0.15, 0.2) is 65.3 Å². The second-order valence-electron chi connectivity index (χ2n) is 9.48. The van der Waals surface area contributed by atoms with Crippen LogP contribution >= 0.6 is 0 Å². The fourth-order valence-electron chi connectivity index (χ4n) is 4.80. The summed E-state index contributed by atoms with van der Waals surface area (Å²) in [5.41, 5.74) is 4.40. The number of furan rings is 1. The van der Waals surface area contributed by atoms with Gasteiger partial charge in [-0.05, 0) is 54.2 Å². The molecule has 2 amide bonds. The molecule has 176 valence electrons. The lowest BCUT2D eigenvalue weighted by molar-refractivity contribution is -0.124. The molecule has 34 heavy (non-hydrogen) atoms. The molecule has 2 atom stereocenters. The van der Waals surface area contributed by atoms with Crippen molar-refractivity contribution in [1.29, 1.82) is 0 Å². The van der Waals surface area contributed by atoms with E-state index in [0.717, 1.165) is 41.0 Å². The number of benzene rings is 2. The van der Waals surface area contributed by atoms with E-state index in [1.54, 1.807) is 18.2 Å². The summed E-state index contributed by atoms with van der Waals surface area (Å²) in [7, 11) is 1.77. The predicted octanol–water partition coefficient (Wildman–Crippen LogP) is 4.81. The number of anilines is 2. The van der Waals surface area contributed by atoms with E-state index in [-0.39, 0.29) is 11.8 Å². The standard InChI is InChI=1S/C28H30N2O4/c1-30-25-17-20(10-12-23(25)22-7-3-2-5-19(22)16-27(30)32)29-28(33)24(15-18-8-9-18)26(31)13-11-21-6-4-14-34-21/h2-7,10,12,14,17-18,24,26,31H,8-9,11,13,15-16H2,1H3,(H,29,33). The van der Waals surface area contributed by atoms with E-state index < -0.39 is 12.0 Å². The minimum absolute atomic E-state index is 0.00892. The third kappa shape index (κ3) is 4.77. The first-order chi connectivity index (χ1) is 16.5. The number of amides is 2. The highest BCUT2D eigenvalue weighted by molar-refractivity contribution is 6.03. The summed E-state index contributed by atoms with van der Waals surface area (Å²) in [6.45, 7) is 0. The van der Waals surface area contributed by atoms with Gasteiger partial charge in [-0.1, -0.05) is 43.2 Å². The molecule has 0 radical (unpaired) electrons. The van der Waals surface area contributed by atoms with Crippen molar-refractivity contribution in [3.8, 4) is 11.1 Å². The average Bonchev–Trinajstić information content (AvgIpc) is 3.53. The Hall–Kier alpha value is -3.38. The summed E-state index contributed by atoms with van der Waals surface area (Å²) in [4.78, 5) is 27.7. The number of aryl methyl sites for hydroxylation is 1. The molecule has 0 spiro atoms. The lowest BCUT2D eigenvalue weighted by atomic mass is 9.91. The van der Waals surface area contributed by atoms with Crippen molar-refractivity contribution in [1.82, 2.24) is 0 Å². The van der Waals surface area contributed by atoms with Gasteiger partial charge in [0.15, 0.2) is 0 Å². The van der Waals surface area contributed by atoms with E-state index in [1.807, 2.05) is 54.6 Å². The van der Waals surface area contributed by atoms with Crippen LogP contribution in [-0.4, -0.2) is 30.1 Å². The summed E-state index contributed by atoms with van der Waals surface area (Å²) >= 11 is 0. The molecule has 0 bridgehead atoms. The Morgan fingerprint density at radius 2 is 1.97 bits per heavy atom. The fraction of sp³-hybridized carbons (Fsp3) is 0.357. The van der Waals surface area contributed by atoms with Crippen molar-refractivity contribution >= 4 is 23.2 Å². The number of likely N-dealkylation sites (N-methyl/N-ethyl adjacent to an activating group) is 1. The fourth-order valence-corrected chi connectivity index (χ4v) is 4.80. The van der Waals surface area contributed by atoms with Gasteiger partial charge in [0.25, 0.3) is 0 Å². The zero-order chi connectivity index (χ0) is 23.7. The highest BCUT2D eigenvalue weighted by atomic mass is 16.3. The predicted molar refractivity (Wildman–Crippen MR) is 131 cm³/mol. The number of rotatable bonds is 8. The molecule has 2 aliphatic rings. The maximum Gasteiger partial charge on any atom is 0.231 e. The number of nitrogens with zero attached hydrogens (tertiary/aromatic N) is 1. The van der Waals surface area contributed by atoms with Crippen molar-refractivity contribution in [3.05, 3.63) is 72.2 Å². The number of aliphatic hydroxyl groups excluding tert-OH is 1. The lowest BCUT2D eigenvalue weighted by Gasteiger charge is -2.23. The number of aliphatic hydroxyl groups is 1. The Kier molecular flexibility index (Phi) is 6.24. The van der Waals surface area contributed by atoms with Gasteiger partial charge in [-0.3, -0.25) is 9.59 Å². The Labute approximate surface area is 199 Å². The zero-order valence-electron chi connectivity index (χ0n) is 19.4. The number of hydrogen-bond donors (Lipinski definition) is 2. The zero-order valence-corrected chi connectivity index (χ0v) is 19.4. The van der Waals surface area contributed by atoms with Crippen LogP contribution in [-0.2, 0) is 22.4 Å². The minimum atomic E-state index is -0.748. The van der Waals surface area contributed by atoms with Crippen LogP contribution < -0.4 is 10.2 Å². The van der Waals surface area contributed by atoms with Gasteiger partial charge in [-0.2, -0.15) is 0 Å². The average molecular weight is 459 g/mol. The molecule has 2 N–H and O–H groups in total.